The number of ketones is 1. The molecule has 0 aliphatic heterocycles. The Morgan fingerprint density at radius 3 is 2.68 bits per heavy atom. The summed E-state index contributed by atoms with van der Waals surface area (Å²) in [5.41, 5.74) is 1.96. The molecule has 0 spiro atoms. The Hall–Kier alpha value is -3.51. The van der Waals surface area contributed by atoms with Gasteiger partial charge in [0.05, 0.1) is 23.4 Å². The van der Waals surface area contributed by atoms with E-state index in [1.54, 1.807) is 32.2 Å². The number of fused-ring (bicyclic) bond motifs is 1. The molecule has 1 heterocycles. The molecule has 1 amide bonds. The van der Waals surface area contributed by atoms with E-state index in [0.29, 0.717) is 17.3 Å². The molecule has 2 rings (SSSR count). The highest BCUT2D eigenvalue weighted by atomic mass is 16.5. The van der Waals surface area contributed by atoms with Crippen LogP contribution in [0, 0.1) is 16.7 Å². The van der Waals surface area contributed by atoms with Gasteiger partial charge in [0.1, 0.15) is 18.2 Å². The first kappa shape index (κ1) is 23.8. The number of esters is 1. The van der Waals surface area contributed by atoms with Crippen LogP contribution >= 0.6 is 0 Å². The van der Waals surface area contributed by atoms with Gasteiger partial charge >= 0.3 is 5.97 Å². The maximum absolute atomic E-state index is 12.8. The number of carbonyl (C=O) groups is 3. The quantitative estimate of drug-likeness (QED) is 0.370. The zero-order valence-corrected chi connectivity index (χ0v) is 17.7. The lowest BCUT2D eigenvalue weighted by atomic mass is 10.0. The number of aromatic nitrogens is 1. The molecule has 1 aromatic heterocycles. The van der Waals surface area contributed by atoms with Crippen molar-refractivity contribution in [2.75, 3.05) is 7.11 Å². The number of aromatic amines is 1. The van der Waals surface area contributed by atoms with E-state index in [1.165, 1.54) is 7.11 Å². The summed E-state index contributed by atoms with van der Waals surface area (Å²) in [6.07, 6.45) is 1.26. The van der Waals surface area contributed by atoms with Crippen molar-refractivity contribution in [3.8, 4) is 6.07 Å². The van der Waals surface area contributed by atoms with Crippen LogP contribution in [0.3, 0.4) is 0 Å². The zero-order valence-electron chi connectivity index (χ0n) is 17.7. The van der Waals surface area contributed by atoms with Crippen molar-refractivity contribution in [2.45, 2.75) is 51.4 Å². The molecule has 9 nitrogen and oxygen atoms in total. The third-order valence-electron chi connectivity index (χ3n) is 4.70. The predicted molar refractivity (Wildman–Crippen MR) is 114 cm³/mol. The van der Waals surface area contributed by atoms with Crippen molar-refractivity contribution >= 4 is 34.8 Å². The molecule has 0 bridgehead atoms. The van der Waals surface area contributed by atoms with Crippen LogP contribution in [0.15, 0.2) is 24.4 Å². The lowest BCUT2D eigenvalue weighted by molar-refractivity contribution is -0.152. The van der Waals surface area contributed by atoms with Crippen LogP contribution in [-0.4, -0.2) is 54.2 Å². The molecular weight excluding hydrogens is 400 g/mol. The lowest BCUT2D eigenvalue weighted by Crippen LogP contribution is -2.48. The lowest BCUT2D eigenvalue weighted by Gasteiger charge is -2.22. The molecule has 2 atom stereocenters. The zero-order chi connectivity index (χ0) is 23.0. The Morgan fingerprint density at radius 1 is 1.32 bits per heavy atom. The number of Topliss-reactive ketones (excluding diaryl/α,β-unsaturated/α-hetero) is 1. The Labute approximate surface area is 180 Å². The molecule has 0 aliphatic rings. The summed E-state index contributed by atoms with van der Waals surface area (Å²) in [5.74, 6) is -1.63. The van der Waals surface area contributed by atoms with E-state index in [-0.39, 0.29) is 25.4 Å². The molecule has 1 aromatic carbocycles. The summed E-state index contributed by atoms with van der Waals surface area (Å²) in [7, 11) is 1.39. The molecule has 0 saturated carbocycles. The molecule has 0 aliphatic carbocycles. The molecule has 0 saturated heterocycles. The number of nitrogens with one attached hydrogen (secondary N) is 3. The number of hydrogen-bond acceptors (Lipinski definition) is 7. The standard InChI is InChI=1S/C22H26N4O5/c1-13(2)31-22(29)18(8-7-16(27)11-24)26-21(28)19(30-3)9-15-12-25-20-14(10-23)5-4-6-17(15)20/h4-6,11-13,18-19,24-25H,7-9H2,1-3H3,(H,26,28)/t18-,19-/m0/s1. The number of ether oxygens (including phenoxy) is 2. The van der Waals surface area contributed by atoms with Crippen molar-refractivity contribution in [2.24, 2.45) is 0 Å². The SMILES string of the molecule is CO[C@@H](Cc1c[nH]c2c(C#N)cccc12)C(=O)N[C@@H](CCC(=O)C=N)C(=O)OC(C)C. The molecule has 0 unspecified atom stereocenters. The van der Waals surface area contributed by atoms with Gasteiger partial charge in [0, 0.05) is 31.5 Å². The summed E-state index contributed by atoms with van der Waals surface area (Å²) in [5, 5.41) is 19.7. The maximum atomic E-state index is 12.8. The minimum atomic E-state index is -1.04. The molecule has 164 valence electrons. The van der Waals surface area contributed by atoms with Crippen molar-refractivity contribution < 1.29 is 23.9 Å². The fraction of sp³-hybridized carbons (Fsp3) is 0.409. The monoisotopic (exact) mass is 426 g/mol. The fourth-order valence-corrected chi connectivity index (χ4v) is 3.14. The average Bonchev–Trinajstić information content (AvgIpc) is 3.16. The fourth-order valence-electron chi connectivity index (χ4n) is 3.14. The maximum Gasteiger partial charge on any atom is 0.328 e. The second kappa shape index (κ2) is 11.0. The molecule has 3 N–H and O–H groups in total. The van der Waals surface area contributed by atoms with Gasteiger partial charge in [0.15, 0.2) is 5.78 Å². The van der Waals surface area contributed by atoms with Crippen LogP contribution in [0.5, 0.6) is 0 Å². The van der Waals surface area contributed by atoms with E-state index in [2.05, 4.69) is 16.4 Å². The summed E-state index contributed by atoms with van der Waals surface area (Å²) >= 11 is 0. The average molecular weight is 426 g/mol. The van der Waals surface area contributed by atoms with Crippen LogP contribution in [-0.2, 0) is 30.3 Å². The van der Waals surface area contributed by atoms with Crippen molar-refractivity contribution in [3.05, 3.63) is 35.5 Å². The van der Waals surface area contributed by atoms with Gasteiger partial charge in [-0.3, -0.25) is 9.59 Å². The largest absolute Gasteiger partial charge is 0.461 e. The van der Waals surface area contributed by atoms with Crippen molar-refractivity contribution in [1.29, 1.82) is 10.7 Å². The van der Waals surface area contributed by atoms with Gasteiger partial charge in [-0.1, -0.05) is 12.1 Å². The van der Waals surface area contributed by atoms with E-state index in [4.69, 9.17) is 14.9 Å². The number of nitriles is 1. The number of rotatable bonds is 11. The smallest absolute Gasteiger partial charge is 0.328 e. The first-order chi connectivity index (χ1) is 14.8. The van der Waals surface area contributed by atoms with Gasteiger partial charge < -0.3 is 25.2 Å². The van der Waals surface area contributed by atoms with Gasteiger partial charge in [-0.15, -0.1) is 0 Å². The van der Waals surface area contributed by atoms with Crippen LogP contribution in [0.1, 0.15) is 37.8 Å². The number of carbonyl (C=O) groups excluding carboxylic acids is 3. The van der Waals surface area contributed by atoms with Gasteiger partial charge in [-0.05, 0) is 31.9 Å². The van der Waals surface area contributed by atoms with Crippen LogP contribution < -0.4 is 5.32 Å². The van der Waals surface area contributed by atoms with Gasteiger partial charge in [-0.2, -0.15) is 5.26 Å². The number of H-pyrrole nitrogens is 1. The van der Waals surface area contributed by atoms with E-state index < -0.39 is 29.8 Å². The van der Waals surface area contributed by atoms with E-state index >= 15 is 0 Å². The Balaban J connectivity index is 2.16. The highest BCUT2D eigenvalue weighted by Crippen LogP contribution is 2.23. The molecule has 31 heavy (non-hydrogen) atoms. The van der Waals surface area contributed by atoms with E-state index in [1.807, 2.05) is 6.07 Å². The molecule has 2 aromatic rings. The summed E-state index contributed by atoms with van der Waals surface area (Å²) in [6, 6.07) is 6.39. The number of para-hydroxylation sites is 1. The number of nitrogens with zero attached hydrogens (tertiary/aromatic N) is 1. The summed E-state index contributed by atoms with van der Waals surface area (Å²) in [6.45, 7) is 3.37. The molecular formula is C22H26N4O5. The van der Waals surface area contributed by atoms with Gasteiger partial charge in [0.2, 0.25) is 5.91 Å². The summed E-state index contributed by atoms with van der Waals surface area (Å²) in [4.78, 5) is 39.7. The minimum absolute atomic E-state index is 0.0144. The summed E-state index contributed by atoms with van der Waals surface area (Å²) < 4.78 is 10.5. The molecule has 0 fully saturated rings. The first-order valence-electron chi connectivity index (χ1n) is 9.86. The minimum Gasteiger partial charge on any atom is -0.461 e. The van der Waals surface area contributed by atoms with E-state index in [0.717, 1.165) is 10.9 Å². The number of hydrogen-bond donors (Lipinski definition) is 3. The Bertz CT molecular complexity index is 1000. The molecule has 9 heteroatoms. The topological polar surface area (TPSA) is 145 Å². The number of benzene rings is 1. The second-order valence-corrected chi connectivity index (χ2v) is 7.28. The third kappa shape index (κ3) is 6.23. The van der Waals surface area contributed by atoms with E-state index in [9.17, 15) is 19.6 Å². The normalized spacial score (nSPS) is 12.7. The van der Waals surface area contributed by atoms with Gasteiger partial charge in [0.25, 0.3) is 0 Å². The highest BCUT2D eigenvalue weighted by Gasteiger charge is 2.28. The van der Waals surface area contributed by atoms with Crippen molar-refractivity contribution in [3.63, 3.8) is 0 Å². The highest BCUT2D eigenvalue weighted by molar-refractivity contribution is 6.26. The van der Waals surface area contributed by atoms with Crippen LogP contribution in [0.2, 0.25) is 0 Å². The van der Waals surface area contributed by atoms with Crippen LogP contribution in [0.25, 0.3) is 10.9 Å². The Morgan fingerprint density at radius 2 is 2.06 bits per heavy atom. The van der Waals surface area contributed by atoms with Gasteiger partial charge in [-0.25, -0.2) is 4.79 Å². The predicted octanol–water partition coefficient (Wildman–Crippen LogP) is 2.03. The van der Waals surface area contributed by atoms with Crippen LogP contribution in [0.4, 0.5) is 0 Å². The number of methoxy groups -OCH3 is 1. The third-order valence-corrected chi connectivity index (χ3v) is 4.70. The first-order valence-corrected chi connectivity index (χ1v) is 9.86. The van der Waals surface area contributed by atoms with Crippen molar-refractivity contribution in [1.82, 2.24) is 10.3 Å². The Kier molecular flexibility index (Phi) is 8.46. The molecule has 0 radical (unpaired) electrons. The second-order valence-electron chi connectivity index (χ2n) is 7.28. The number of amides is 1.